The Kier molecular flexibility index (Phi) is 11.3. The molecule has 0 aromatic carbocycles. The maximum Gasteiger partial charge on any atom is 0.226 e. The van der Waals surface area contributed by atoms with Crippen molar-refractivity contribution >= 4 is 17.6 Å². The van der Waals surface area contributed by atoms with Crippen molar-refractivity contribution in [1.29, 1.82) is 0 Å². The predicted octanol–water partition coefficient (Wildman–Crippen LogP) is 4.96. The molecule has 2 aliphatic rings. The minimum absolute atomic E-state index is 0.0194. The van der Waals surface area contributed by atoms with Crippen LogP contribution in [0.15, 0.2) is 48.3 Å². The van der Waals surface area contributed by atoms with Gasteiger partial charge in [-0.1, -0.05) is 37.8 Å². The number of ketones is 1. The first-order chi connectivity index (χ1) is 15.8. The molecule has 6 heteroatoms. The Morgan fingerprint density at radius 2 is 1.94 bits per heavy atom. The molecule has 2 unspecified atom stereocenters. The van der Waals surface area contributed by atoms with Crippen molar-refractivity contribution in [2.45, 2.75) is 83.8 Å². The van der Waals surface area contributed by atoms with E-state index in [-0.39, 0.29) is 41.6 Å². The minimum Gasteiger partial charge on any atom is -0.486 e. The van der Waals surface area contributed by atoms with Crippen LogP contribution < -0.4 is 5.32 Å². The molecule has 2 amide bonds. The number of carbonyl (C=O) groups excluding carboxylic acids is 3. The molecule has 0 aromatic heterocycles. The molecule has 1 N–H and O–H groups in total. The molecule has 0 spiro atoms. The van der Waals surface area contributed by atoms with E-state index in [4.69, 9.17) is 9.47 Å². The van der Waals surface area contributed by atoms with Crippen LogP contribution in [0.5, 0.6) is 0 Å². The maximum absolute atomic E-state index is 12.5. The summed E-state index contributed by atoms with van der Waals surface area (Å²) in [6.07, 6.45) is 15.6. The smallest absolute Gasteiger partial charge is 0.226 e. The van der Waals surface area contributed by atoms with Gasteiger partial charge in [0.25, 0.3) is 0 Å². The van der Waals surface area contributed by atoms with Crippen LogP contribution in [0.3, 0.4) is 0 Å². The van der Waals surface area contributed by atoms with Crippen molar-refractivity contribution in [2.24, 2.45) is 11.8 Å². The number of imide groups is 1. The van der Waals surface area contributed by atoms with E-state index in [2.05, 4.69) is 37.0 Å². The van der Waals surface area contributed by atoms with E-state index in [0.717, 1.165) is 24.8 Å². The van der Waals surface area contributed by atoms with Gasteiger partial charge in [-0.2, -0.15) is 0 Å². The summed E-state index contributed by atoms with van der Waals surface area (Å²) < 4.78 is 11.8. The van der Waals surface area contributed by atoms with E-state index in [1.807, 2.05) is 19.1 Å². The second-order valence-corrected chi connectivity index (χ2v) is 9.23. The van der Waals surface area contributed by atoms with Crippen LogP contribution in [-0.4, -0.2) is 36.9 Å². The molecule has 0 aromatic rings. The van der Waals surface area contributed by atoms with Gasteiger partial charge in [-0.15, -0.1) is 0 Å². The summed E-state index contributed by atoms with van der Waals surface area (Å²) in [6, 6.07) is 0. The molecule has 182 valence electrons. The summed E-state index contributed by atoms with van der Waals surface area (Å²) in [5.41, 5.74) is 1.01. The Hall–Kier alpha value is -2.47. The molecule has 6 nitrogen and oxygen atoms in total. The summed E-state index contributed by atoms with van der Waals surface area (Å²) in [6.45, 7) is 8.17. The summed E-state index contributed by atoms with van der Waals surface area (Å²) in [5, 5.41) is 2.32. The molecule has 0 bridgehead atoms. The zero-order valence-electron chi connectivity index (χ0n) is 20.3. The third kappa shape index (κ3) is 9.91. The number of piperidine rings is 1. The maximum atomic E-state index is 12.5. The van der Waals surface area contributed by atoms with Gasteiger partial charge in [0, 0.05) is 32.8 Å². The molecule has 3 atom stereocenters. The van der Waals surface area contributed by atoms with Crippen LogP contribution in [0.4, 0.5) is 0 Å². The van der Waals surface area contributed by atoms with Crippen LogP contribution >= 0.6 is 0 Å². The molecule has 2 aliphatic heterocycles. The first-order valence-electron chi connectivity index (χ1n) is 12.0. The van der Waals surface area contributed by atoms with Gasteiger partial charge >= 0.3 is 0 Å². The molecule has 2 heterocycles. The molecule has 33 heavy (non-hydrogen) atoms. The number of allylic oxidation sites excluding steroid dienone is 4. The topological polar surface area (TPSA) is 81.7 Å². The van der Waals surface area contributed by atoms with E-state index >= 15 is 0 Å². The molecular formula is C27H39NO5. The summed E-state index contributed by atoms with van der Waals surface area (Å²) >= 11 is 0. The van der Waals surface area contributed by atoms with Crippen molar-refractivity contribution in [3.05, 3.63) is 48.3 Å². The highest BCUT2D eigenvalue weighted by Crippen LogP contribution is 2.26. The second-order valence-electron chi connectivity index (χ2n) is 9.23. The van der Waals surface area contributed by atoms with Crippen molar-refractivity contribution in [2.75, 3.05) is 7.11 Å². The number of hydrogen-bond acceptors (Lipinski definition) is 5. The fourth-order valence-corrected chi connectivity index (χ4v) is 4.40. The average Bonchev–Trinajstić information content (AvgIpc) is 2.75. The molecule has 2 rings (SSSR count). The monoisotopic (exact) mass is 457 g/mol. The second kappa shape index (κ2) is 13.9. The number of hydrogen-bond donors (Lipinski definition) is 1. The Morgan fingerprint density at radius 1 is 1.24 bits per heavy atom. The van der Waals surface area contributed by atoms with Crippen molar-refractivity contribution in [3.63, 3.8) is 0 Å². The molecular weight excluding hydrogens is 418 g/mol. The fourth-order valence-electron chi connectivity index (χ4n) is 4.40. The number of rotatable bonds is 8. The molecule has 1 fully saturated rings. The van der Waals surface area contributed by atoms with Gasteiger partial charge in [0.05, 0.1) is 6.10 Å². The normalized spacial score (nSPS) is 27.7. The van der Waals surface area contributed by atoms with Crippen LogP contribution in [0.25, 0.3) is 0 Å². The Bertz CT molecular complexity index is 778. The SMILES string of the molecule is C=C1/C=C/CC/C=C/C(OC)C[C@H](C)C(/C(C)=C/CC(=O)CCCC2CC(=O)NC(=O)C2)O1. The average molecular weight is 458 g/mol. The van der Waals surface area contributed by atoms with E-state index in [1.165, 1.54) is 0 Å². The standard InChI is InChI=1S/C27H39NO5/c1-19(14-15-23(29)12-9-11-22-17-25(30)28-26(31)18-22)27-20(2)16-24(32-4)13-8-6-5-7-10-21(3)33-27/h7-8,10,13-14,20,22,24,27H,3,5-6,9,11-12,15-18H2,1-2,4H3,(H,28,30,31)/b10-7+,13-8+,19-14+/t20-,24?,27?/m0/s1. The Balaban J connectivity index is 1.92. The quantitative estimate of drug-likeness (QED) is 0.411. The Morgan fingerprint density at radius 3 is 2.64 bits per heavy atom. The summed E-state index contributed by atoms with van der Waals surface area (Å²) in [4.78, 5) is 35.4. The van der Waals surface area contributed by atoms with Gasteiger partial charge in [0.1, 0.15) is 17.6 Å². The highest BCUT2D eigenvalue weighted by Gasteiger charge is 2.25. The van der Waals surface area contributed by atoms with Crippen LogP contribution in [0.2, 0.25) is 0 Å². The first kappa shape index (κ1) is 26.8. The largest absolute Gasteiger partial charge is 0.486 e. The van der Waals surface area contributed by atoms with Crippen LogP contribution in [0.1, 0.15) is 71.6 Å². The highest BCUT2D eigenvalue weighted by molar-refractivity contribution is 5.97. The lowest BCUT2D eigenvalue weighted by Gasteiger charge is -2.28. The van der Waals surface area contributed by atoms with Gasteiger partial charge < -0.3 is 9.47 Å². The van der Waals surface area contributed by atoms with Crippen LogP contribution in [0, 0.1) is 11.8 Å². The fraction of sp³-hybridized carbons (Fsp3) is 0.593. The highest BCUT2D eigenvalue weighted by atomic mass is 16.5. The minimum atomic E-state index is -0.213. The van der Waals surface area contributed by atoms with E-state index in [1.54, 1.807) is 7.11 Å². The lowest BCUT2D eigenvalue weighted by Crippen LogP contribution is -2.38. The molecule has 0 aliphatic carbocycles. The van der Waals surface area contributed by atoms with Crippen molar-refractivity contribution in [3.8, 4) is 0 Å². The molecule has 0 saturated carbocycles. The number of Topliss-reactive ketones (excluding diaryl/α,β-unsaturated/α-hetero) is 1. The molecule has 0 radical (unpaired) electrons. The summed E-state index contributed by atoms with van der Waals surface area (Å²) in [5.74, 6) is 0.563. The lowest BCUT2D eigenvalue weighted by atomic mass is 9.90. The van der Waals surface area contributed by atoms with Gasteiger partial charge in [-0.3, -0.25) is 19.7 Å². The van der Waals surface area contributed by atoms with Gasteiger partial charge in [0.15, 0.2) is 0 Å². The zero-order valence-corrected chi connectivity index (χ0v) is 20.3. The number of amides is 2. The summed E-state index contributed by atoms with van der Waals surface area (Å²) in [7, 11) is 1.72. The van der Waals surface area contributed by atoms with E-state index in [9.17, 15) is 14.4 Å². The number of carbonyl (C=O) groups is 3. The van der Waals surface area contributed by atoms with Crippen molar-refractivity contribution < 1.29 is 23.9 Å². The van der Waals surface area contributed by atoms with Gasteiger partial charge in [0.2, 0.25) is 11.8 Å². The van der Waals surface area contributed by atoms with E-state index in [0.29, 0.717) is 44.3 Å². The Labute approximate surface area is 198 Å². The molecule has 1 saturated heterocycles. The number of nitrogens with one attached hydrogen (secondary N) is 1. The third-order valence-electron chi connectivity index (χ3n) is 6.25. The predicted molar refractivity (Wildman–Crippen MR) is 129 cm³/mol. The first-order valence-corrected chi connectivity index (χ1v) is 12.0. The van der Waals surface area contributed by atoms with Crippen LogP contribution in [-0.2, 0) is 23.9 Å². The number of methoxy groups -OCH3 is 1. The zero-order chi connectivity index (χ0) is 24.2. The van der Waals surface area contributed by atoms with Gasteiger partial charge in [-0.25, -0.2) is 0 Å². The third-order valence-corrected chi connectivity index (χ3v) is 6.25. The lowest BCUT2D eigenvalue weighted by molar-refractivity contribution is -0.134. The van der Waals surface area contributed by atoms with Gasteiger partial charge in [-0.05, 0) is 62.5 Å². The number of ether oxygens (including phenoxy) is 2. The van der Waals surface area contributed by atoms with Crippen molar-refractivity contribution in [1.82, 2.24) is 5.32 Å². The van der Waals surface area contributed by atoms with E-state index < -0.39 is 0 Å².